The van der Waals surface area contributed by atoms with Gasteiger partial charge in [-0.05, 0) is 39.8 Å². The lowest BCUT2D eigenvalue weighted by atomic mass is 10.0. The Morgan fingerprint density at radius 3 is 1.90 bits per heavy atom. The maximum Gasteiger partial charge on any atom is 0.356 e. The molecule has 2 unspecified atom stereocenters. The molecule has 29 heavy (non-hydrogen) atoms. The second-order valence-corrected chi connectivity index (χ2v) is 8.04. The van der Waals surface area contributed by atoms with Crippen molar-refractivity contribution in [2.75, 3.05) is 14.2 Å². The quantitative estimate of drug-likeness (QED) is 0.692. The molecule has 1 aromatic rings. The fourth-order valence-electron chi connectivity index (χ4n) is 3.28. The Kier molecular flexibility index (Phi) is 5.38. The minimum Gasteiger partial charge on any atom is -0.440 e. The van der Waals surface area contributed by atoms with Gasteiger partial charge in [-0.25, -0.2) is 0 Å². The first-order valence-corrected chi connectivity index (χ1v) is 9.38. The van der Waals surface area contributed by atoms with Crippen molar-refractivity contribution in [2.24, 2.45) is 0 Å². The Morgan fingerprint density at radius 2 is 1.38 bits per heavy atom. The van der Waals surface area contributed by atoms with Gasteiger partial charge in [0.2, 0.25) is 0 Å². The van der Waals surface area contributed by atoms with Crippen molar-refractivity contribution in [3.05, 3.63) is 59.6 Å². The van der Waals surface area contributed by atoms with Crippen LogP contribution >= 0.6 is 0 Å². The number of carbonyl (C=O) groups excluding carboxylic acids is 1. The molecule has 0 aromatic heterocycles. The standard InChI is InChI=1S/C22H28O7/c1-19(2)17(26-21(5,24-6)28-19)13-16(23)14-18-20(3,4)29-22(25-7,27-18)15-11-9-8-10-12-15/h8-14H,1-7H3/b17-13+,18-14+. The predicted molar refractivity (Wildman–Crippen MR) is 104 cm³/mol. The summed E-state index contributed by atoms with van der Waals surface area (Å²) in [7, 11) is 2.97. The van der Waals surface area contributed by atoms with Crippen LogP contribution in [0.5, 0.6) is 0 Å². The minimum atomic E-state index is -1.43. The second kappa shape index (κ2) is 7.25. The van der Waals surface area contributed by atoms with Gasteiger partial charge in [-0.15, -0.1) is 0 Å². The van der Waals surface area contributed by atoms with E-state index in [4.69, 9.17) is 28.4 Å². The van der Waals surface area contributed by atoms with Gasteiger partial charge in [0.25, 0.3) is 0 Å². The Labute approximate surface area is 171 Å². The Balaban J connectivity index is 1.89. The van der Waals surface area contributed by atoms with E-state index in [0.29, 0.717) is 17.1 Å². The van der Waals surface area contributed by atoms with E-state index in [0.717, 1.165) is 0 Å². The molecule has 3 rings (SSSR count). The molecule has 0 N–H and O–H groups in total. The minimum absolute atomic E-state index is 0.330. The number of benzene rings is 1. The first-order valence-electron chi connectivity index (χ1n) is 9.38. The normalized spacial score (nSPS) is 32.9. The molecular weight excluding hydrogens is 376 g/mol. The number of allylic oxidation sites excluding steroid dienone is 2. The van der Waals surface area contributed by atoms with Gasteiger partial charge in [-0.2, -0.15) is 0 Å². The molecule has 0 spiro atoms. The van der Waals surface area contributed by atoms with E-state index in [1.54, 1.807) is 20.8 Å². The highest BCUT2D eigenvalue weighted by atomic mass is 16.9. The average molecular weight is 404 g/mol. The van der Waals surface area contributed by atoms with Crippen LogP contribution in [-0.4, -0.2) is 37.2 Å². The third kappa shape index (κ3) is 4.09. The number of ether oxygens (including phenoxy) is 6. The summed E-state index contributed by atoms with van der Waals surface area (Å²) in [5, 5.41) is 0. The van der Waals surface area contributed by atoms with E-state index < -0.39 is 23.1 Å². The molecule has 0 bridgehead atoms. The molecule has 0 radical (unpaired) electrons. The predicted octanol–water partition coefficient (Wildman–Crippen LogP) is 3.75. The second-order valence-electron chi connectivity index (χ2n) is 8.04. The van der Waals surface area contributed by atoms with Crippen LogP contribution in [0.25, 0.3) is 0 Å². The number of hydrogen-bond acceptors (Lipinski definition) is 7. The zero-order valence-corrected chi connectivity index (χ0v) is 17.9. The van der Waals surface area contributed by atoms with E-state index in [2.05, 4.69) is 0 Å². The van der Waals surface area contributed by atoms with Gasteiger partial charge >= 0.3 is 11.9 Å². The molecule has 2 atom stereocenters. The number of hydrogen-bond donors (Lipinski definition) is 0. The smallest absolute Gasteiger partial charge is 0.356 e. The van der Waals surface area contributed by atoms with Gasteiger partial charge in [0.1, 0.15) is 22.7 Å². The molecule has 7 heteroatoms. The summed E-state index contributed by atoms with van der Waals surface area (Å²) in [5.74, 6) is -2.29. The molecule has 2 fully saturated rings. The molecule has 0 amide bonds. The van der Waals surface area contributed by atoms with E-state index in [-0.39, 0.29) is 5.78 Å². The van der Waals surface area contributed by atoms with Crippen LogP contribution < -0.4 is 0 Å². The summed E-state index contributed by atoms with van der Waals surface area (Å²) in [4.78, 5) is 12.8. The highest BCUT2D eigenvalue weighted by Crippen LogP contribution is 2.46. The van der Waals surface area contributed by atoms with Crippen LogP contribution in [0.3, 0.4) is 0 Å². The summed E-state index contributed by atoms with van der Waals surface area (Å²) < 4.78 is 34.4. The zero-order chi connectivity index (χ0) is 21.5. The highest BCUT2D eigenvalue weighted by molar-refractivity contribution is 6.00. The van der Waals surface area contributed by atoms with Gasteiger partial charge in [0.15, 0.2) is 5.78 Å². The maximum atomic E-state index is 12.8. The monoisotopic (exact) mass is 404 g/mol. The Bertz CT molecular complexity index is 840. The van der Waals surface area contributed by atoms with Gasteiger partial charge in [0.05, 0.1) is 5.56 Å². The highest BCUT2D eigenvalue weighted by Gasteiger charge is 2.52. The molecular formula is C22H28O7. The third-order valence-electron chi connectivity index (χ3n) is 4.87. The molecule has 0 aliphatic carbocycles. The van der Waals surface area contributed by atoms with Crippen molar-refractivity contribution in [3.63, 3.8) is 0 Å². The fraction of sp³-hybridized carbons (Fsp3) is 0.500. The Morgan fingerprint density at radius 1 is 0.828 bits per heavy atom. The molecule has 7 nitrogen and oxygen atoms in total. The van der Waals surface area contributed by atoms with Crippen molar-refractivity contribution >= 4 is 5.78 Å². The van der Waals surface area contributed by atoms with Crippen LogP contribution in [-0.2, 0) is 39.2 Å². The maximum absolute atomic E-state index is 12.8. The zero-order valence-electron chi connectivity index (χ0n) is 17.9. The molecule has 2 saturated heterocycles. The van der Waals surface area contributed by atoms with Crippen molar-refractivity contribution in [1.29, 1.82) is 0 Å². The number of ketones is 1. The summed E-state index contributed by atoms with van der Waals surface area (Å²) >= 11 is 0. The van der Waals surface area contributed by atoms with Crippen LogP contribution in [0.4, 0.5) is 0 Å². The largest absolute Gasteiger partial charge is 0.440 e. The lowest BCUT2D eigenvalue weighted by molar-refractivity contribution is -0.342. The molecule has 158 valence electrons. The van der Waals surface area contributed by atoms with E-state index in [1.807, 2.05) is 44.2 Å². The van der Waals surface area contributed by atoms with Crippen molar-refractivity contribution in [1.82, 2.24) is 0 Å². The molecule has 2 heterocycles. The lowest BCUT2D eigenvalue weighted by Crippen LogP contribution is -2.32. The number of methoxy groups -OCH3 is 2. The van der Waals surface area contributed by atoms with Crippen LogP contribution in [0.15, 0.2) is 54.0 Å². The number of carbonyl (C=O) groups is 1. The first-order chi connectivity index (χ1) is 13.5. The third-order valence-corrected chi connectivity index (χ3v) is 4.87. The van der Waals surface area contributed by atoms with Crippen molar-refractivity contribution < 1.29 is 33.2 Å². The first kappa shape index (κ1) is 21.5. The van der Waals surface area contributed by atoms with Crippen LogP contribution in [0, 0.1) is 0 Å². The van der Waals surface area contributed by atoms with Gasteiger partial charge in [-0.1, -0.05) is 18.2 Å². The van der Waals surface area contributed by atoms with Gasteiger partial charge in [-0.3, -0.25) is 9.53 Å². The van der Waals surface area contributed by atoms with Crippen LogP contribution in [0.2, 0.25) is 0 Å². The molecule has 1 aromatic carbocycles. The lowest BCUT2D eigenvalue weighted by Gasteiger charge is -2.26. The van der Waals surface area contributed by atoms with Crippen LogP contribution in [0.1, 0.15) is 40.2 Å². The number of rotatable bonds is 5. The van der Waals surface area contributed by atoms with E-state index in [9.17, 15) is 4.79 Å². The van der Waals surface area contributed by atoms with Gasteiger partial charge in [0, 0.05) is 33.3 Å². The summed E-state index contributed by atoms with van der Waals surface area (Å²) in [6.07, 6.45) is 2.74. The van der Waals surface area contributed by atoms with Crippen molar-refractivity contribution in [2.45, 2.75) is 57.8 Å². The summed E-state index contributed by atoms with van der Waals surface area (Å²) in [5.41, 5.74) is -1.01. The SMILES string of the molecule is COC1(C)O/C(=C/C(=O)/C=C2/OC(OC)(c3ccccc3)OC2(C)C)C(C)(C)O1. The topological polar surface area (TPSA) is 72.5 Å². The van der Waals surface area contributed by atoms with Crippen molar-refractivity contribution in [3.8, 4) is 0 Å². The van der Waals surface area contributed by atoms with E-state index in [1.165, 1.54) is 26.4 Å². The summed E-state index contributed by atoms with van der Waals surface area (Å²) in [6.45, 7) is 8.86. The van der Waals surface area contributed by atoms with Gasteiger partial charge < -0.3 is 23.7 Å². The summed E-state index contributed by atoms with van der Waals surface area (Å²) in [6, 6.07) is 9.28. The molecule has 2 aliphatic heterocycles. The Hall–Kier alpha value is -2.19. The fourth-order valence-corrected chi connectivity index (χ4v) is 3.28. The molecule has 0 saturated carbocycles. The average Bonchev–Trinajstić information content (AvgIpc) is 3.05. The molecule has 2 aliphatic rings. The van der Waals surface area contributed by atoms with E-state index >= 15 is 0 Å².